The fraction of sp³-hybridized carbons (Fsp3) is 0.889. The number of alkyl halides is 1. The number of carbonyl (C=O) groups is 1. The molecule has 13 heavy (non-hydrogen) atoms. The monoisotopic (exact) mass is 249 g/mol. The van der Waals surface area contributed by atoms with Gasteiger partial charge in [-0.25, -0.2) is 0 Å². The van der Waals surface area contributed by atoms with Crippen LogP contribution < -0.4 is 5.32 Å². The van der Waals surface area contributed by atoms with Gasteiger partial charge in [-0.15, -0.1) is 0 Å². The van der Waals surface area contributed by atoms with Gasteiger partial charge in [0.1, 0.15) is 4.83 Å². The lowest BCUT2D eigenvalue weighted by Crippen LogP contribution is -2.35. The van der Waals surface area contributed by atoms with E-state index in [0.717, 1.165) is 0 Å². The minimum Gasteiger partial charge on any atom is -0.468 e. The summed E-state index contributed by atoms with van der Waals surface area (Å²) in [7, 11) is 1.41. The van der Waals surface area contributed by atoms with Gasteiger partial charge >= 0.3 is 5.97 Å². The SMILES string of the molecule is COC(=O)C(Br)CNC1CCCC1. The summed E-state index contributed by atoms with van der Waals surface area (Å²) in [6.45, 7) is 0.664. The zero-order valence-corrected chi connectivity index (χ0v) is 9.47. The molecular formula is C9H16BrNO2. The smallest absolute Gasteiger partial charge is 0.320 e. The second kappa shape index (κ2) is 5.60. The van der Waals surface area contributed by atoms with Crippen LogP contribution in [-0.2, 0) is 9.53 Å². The van der Waals surface area contributed by atoms with Gasteiger partial charge in [-0.2, -0.15) is 0 Å². The summed E-state index contributed by atoms with van der Waals surface area (Å²) in [6.07, 6.45) is 5.09. The lowest BCUT2D eigenvalue weighted by Gasteiger charge is -2.13. The van der Waals surface area contributed by atoms with E-state index < -0.39 is 0 Å². The highest BCUT2D eigenvalue weighted by atomic mass is 79.9. The number of methoxy groups -OCH3 is 1. The Hall–Kier alpha value is -0.0900. The highest BCUT2D eigenvalue weighted by Crippen LogP contribution is 2.17. The Kier molecular flexibility index (Phi) is 4.73. The number of hydrogen-bond donors (Lipinski definition) is 1. The van der Waals surface area contributed by atoms with Gasteiger partial charge in [0, 0.05) is 12.6 Å². The predicted molar refractivity (Wildman–Crippen MR) is 55.0 cm³/mol. The highest BCUT2D eigenvalue weighted by Gasteiger charge is 2.19. The van der Waals surface area contributed by atoms with Gasteiger partial charge < -0.3 is 10.1 Å². The topological polar surface area (TPSA) is 38.3 Å². The molecule has 1 saturated carbocycles. The Morgan fingerprint density at radius 1 is 1.62 bits per heavy atom. The highest BCUT2D eigenvalue weighted by molar-refractivity contribution is 9.10. The van der Waals surface area contributed by atoms with Crippen molar-refractivity contribution in [2.45, 2.75) is 36.6 Å². The minimum absolute atomic E-state index is 0.203. The molecule has 3 nitrogen and oxygen atoms in total. The van der Waals surface area contributed by atoms with Crippen molar-refractivity contribution < 1.29 is 9.53 Å². The fourth-order valence-corrected chi connectivity index (χ4v) is 1.99. The van der Waals surface area contributed by atoms with E-state index in [0.29, 0.717) is 12.6 Å². The number of carbonyl (C=O) groups excluding carboxylic acids is 1. The molecule has 0 aliphatic heterocycles. The molecule has 0 spiro atoms. The van der Waals surface area contributed by atoms with E-state index in [4.69, 9.17) is 0 Å². The Morgan fingerprint density at radius 3 is 2.77 bits per heavy atom. The molecule has 1 N–H and O–H groups in total. The molecule has 0 amide bonds. The van der Waals surface area contributed by atoms with Crippen molar-refractivity contribution in [1.82, 2.24) is 5.32 Å². The van der Waals surface area contributed by atoms with Crippen molar-refractivity contribution in [2.75, 3.05) is 13.7 Å². The van der Waals surface area contributed by atoms with Crippen molar-refractivity contribution in [3.8, 4) is 0 Å². The molecule has 1 rings (SSSR count). The van der Waals surface area contributed by atoms with Crippen LogP contribution in [0.15, 0.2) is 0 Å². The van der Waals surface area contributed by atoms with E-state index >= 15 is 0 Å². The van der Waals surface area contributed by atoms with Crippen LogP contribution >= 0.6 is 15.9 Å². The van der Waals surface area contributed by atoms with Crippen molar-refractivity contribution >= 4 is 21.9 Å². The summed E-state index contributed by atoms with van der Waals surface area (Å²) in [6, 6.07) is 0.602. The summed E-state index contributed by atoms with van der Waals surface area (Å²) >= 11 is 3.27. The first kappa shape index (κ1) is 11.0. The molecule has 0 heterocycles. The average molecular weight is 250 g/mol. The van der Waals surface area contributed by atoms with E-state index in [1.807, 2.05) is 0 Å². The third kappa shape index (κ3) is 3.65. The first-order valence-electron chi connectivity index (χ1n) is 4.69. The van der Waals surface area contributed by atoms with Crippen LogP contribution in [0.4, 0.5) is 0 Å². The van der Waals surface area contributed by atoms with Gasteiger partial charge in [0.25, 0.3) is 0 Å². The van der Waals surface area contributed by atoms with E-state index in [1.165, 1.54) is 32.8 Å². The largest absolute Gasteiger partial charge is 0.468 e. The maximum atomic E-state index is 11.0. The molecule has 0 aromatic heterocycles. The molecule has 76 valence electrons. The first-order valence-corrected chi connectivity index (χ1v) is 5.61. The fourth-order valence-electron chi connectivity index (χ4n) is 1.61. The van der Waals surface area contributed by atoms with Crippen LogP contribution in [0.2, 0.25) is 0 Å². The number of esters is 1. The first-order chi connectivity index (χ1) is 6.24. The molecule has 1 fully saturated rings. The third-order valence-corrected chi connectivity index (χ3v) is 3.10. The van der Waals surface area contributed by atoms with Crippen molar-refractivity contribution in [3.63, 3.8) is 0 Å². The molecule has 1 unspecified atom stereocenters. The van der Waals surface area contributed by atoms with E-state index in [2.05, 4.69) is 26.0 Å². The van der Waals surface area contributed by atoms with Crippen LogP contribution in [0.5, 0.6) is 0 Å². The Bertz CT molecular complexity index is 169. The third-order valence-electron chi connectivity index (χ3n) is 2.40. The average Bonchev–Trinajstić information content (AvgIpc) is 2.65. The van der Waals surface area contributed by atoms with Crippen LogP contribution in [-0.4, -0.2) is 30.5 Å². The van der Waals surface area contributed by atoms with Crippen molar-refractivity contribution in [3.05, 3.63) is 0 Å². The summed E-state index contributed by atoms with van der Waals surface area (Å²) in [4.78, 5) is 10.8. The van der Waals surface area contributed by atoms with E-state index in [-0.39, 0.29) is 10.8 Å². The molecule has 0 aromatic carbocycles. The van der Waals surface area contributed by atoms with Crippen LogP contribution in [0.1, 0.15) is 25.7 Å². The van der Waals surface area contributed by atoms with Gasteiger partial charge in [0.2, 0.25) is 0 Å². The standard InChI is InChI=1S/C9H16BrNO2/c1-13-9(12)8(10)6-11-7-4-2-3-5-7/h7-8,11H,2-6H2,1H3. The van der Waals surface area contributed by atoms with Crippen molar-refractivity contribution in [1.29, 1.82) is 0 Å². The van der Waals surface area contributed by atoms with Crippen molar-refractivity contribution in [2.24, 2.45) is 0 Å². The molecule has 0 radical (unpaired) electrons. The van der Waals surface area contributed by atoms with Gasteiger partial charge in [-0.1, -0.05) is 28.8 Å². The maximum absolute atomic E-state index is 11.0. The quantitative estimate of drug-likeness (QED) is 0.606. The molecule has 1 atom stereocenters. The Balaban J connectivity index is 2.13. The summed E-state index contributed by atoms with van der Waals surface area (Å²) in [5.74, 6) is -0.203. The zero-order valence-electron chi connectivity index (χ0n) is 7.88. The normalized spacial score (nSPS) is 20.2. The van der Waals surface area contributed by atoms with Gasteiger partial charge in [-0.3, -0.25) is 4.79 Å². The van der Waals surface area contributed by atoms with Gasteiger partial charge in [0.15, 0.2) is 0 Å². The predicted octanol–water partition coefficient (Wildman–Crippen LogP) is 1.46. The molecular weight excluding hydrogens is 234 g/mol. The lowest BCUT2D eigenvalue weighted by molar-refractivity contribution is -0.139. The van der Waals surface area contributed by atoms with Crippen LogP contribution in [0.3, 0.4) is 0 Å². The molecule has 0 saturated heterocycles. The molecule has 0 aromatic rings. The van der Waals surface area contributed by atoms with Crippen LogP contribution in [0.25, 0.3) is 0 Å². The second-order valence-electron chi connectivity index (χ2n) is 3.38. The maximum Gasteiger partial charge on any atom is 0.320 e. The number of hydrogen-bond acceptors (Lipinski definition) is 3. The molecule has 0 bridgehead atoms. The van der Waals surface area contributed by atoms with Gasteiger partial charge in [-0.05, 0) is 12.8 Å². The number of rotatable bonds is 4. The van der Waals surface area contributed by atoms with E-state index in [1.54, 1.807) is 0 Å². The number of ether oxygens (including phenoxy) is 1. The van der Waals surface area contributed by atoms with E-state index in [9.17, 15) is 4.79 Å². The Labute approximate surface area is 87.3 Å². The molecule has 1 aliphatic rings. The summed E-state index contributed by atoms with van der Waals surface area (Å²) in [5.41, 5.74) is 0. The van der Waals surface area contributed by atoms with Gasteiger partial charge in [0.05, 0.1) is 7.11 Å². The molecule has 1 aliphatic carbocycles. The number of halogens is 1. The second-order valence-corrected chi connectivity index (χ2v) is 4.49. The number of nitrogens with one attached hydrogen (secondary N) is 1. The summed E-state index contributed by atoms with van der Waals surface area (Å²) < 4.78 is 4.60. The molecule has 4 heteroatoms. The summed E-state index contributed by atoms with van der Waals surface area (Å²) in [5, 5.41) is 3.35. The lowest BCUT2D eigenvalue weighted by atomic mass is 10.2. The minimum atomic E-state index is -0.210. The van der Waals surface area contributed by atoms with Crippen LogP contribution in [0, 0.1) is 0 Å². The zero-order chi connectivity index (χ0) is 9.68. The Morgan fingerprint density at radius 2 is 2.23 bits per heavy atom.